The maximum Gasteiger partial charge on any atom is 0.220 e. The molecule has 1 atom stereocenters. The van der Waals surface area contributed by atoms with Gasteiger partial charge in [-0.1, -0.05) is 18.9 Å². The van der Waals surface area contributed by atoms with Crippen molar-refractivity contribution < 1.29 is 14.6 Å². The number of pyridine rings is 1. The zero-order chi connectivity index (χ0) is 19.1. The molecule has 1 saturated heterocycles. The second-order valence-corrected chi connectivity index (χ2v) is 7.92. The lowest BCUT2D eigenvalue weighted by Gasteiger charge is -2.38. The summed E-state index contributed by atoms with van der Waals surface area (Å²) < 4.78 is 5.12. The summed E-state index contributed by atoms with van der Waals surface area (Å²) >= 11 is 0. The van der Waals surface area contributed by atoms with Crippen LogP contribution in [0.4, 0.5) is 0 Å². The lowest BCUT2D eigenvalue weighted by Crippen LogP contribution is -2.41. The highest BCUT2D eigenvalue weighted by molar-refractivity contribution is 5.76. The van der Waals surface area contributed by atoms with Gasteiger partial charge in [-0.15, -0.1) is 0 Å². The lowest BCUT2D eigenvalue weighted by atomic mass is 9.75. The van der Waals surface area contributed by atoms with Crippen molar-refractivity contribution >= 4 is 5.91 Å². The first-order valence-electron chi connectivity index (χ1n) is 10.4. The van der Waals surface area contributed by atoms with E-state index in [9.17, 15) is 9.90 Å². The van der Waals surface area contributed by atoms with E-state index in [1.807, 2.05) is 12.1 Å². The zero-order valence-electron chi connectivity index (χ0n) is 16.4. The molecule has 1 aromatic heterocycles. The van der Waals surface area contributed by atoms with Crippen LogP contribution in [0.1, 0.15) is 63.0 Å². The zero-order valence-corrected chi connectivity index (χ0v) is 16.4. The van der Waals surface area contributed by atoms with Crippen molar-refractivity contribution in [3.8, 4) is 5.88 Å². The predicted octanol–water partition coefficient (Wildman–Crippen LogP) is 2.67. The van der Waals surface area contributed by atoms with Crippen LogP contribution in [-0.4, -0.2) is 53.7 Å². The molecule has 0 bridgehead atoms. The van der Waals surface area contributed by atoms with Crippen LogP contribution in [0.3, 0.4) is 0 Å². The smallest absolute Gasteiger partial charge is 0.220 e. The third-order valence-corrected chi connectivity index (χ3v) is 5.84. The molecule has 6 nitrogen and oxygen atoms in total. The van der Waals surface area contributed by atoms with Crippen LogP contribution in [0.15, 0.2) is 18.3 Å². The first-order chi connectivity index (χ1) is 13.2. The van der Waals surface area contributed by atoms with Gasteiger partial charge in [0.05, 0.1) is 19.3 Å². The van der Waals surface area contributed by atoms with E-state index in [1.54, 1.807) is 13.3 Å². The van der Waals surface area contributed by atoms with Crippen LogP contribution in [0.25, 0.3) is 0 Å². The Bertz CT molecular complexity index is 579. The number of aliphatic hydroxyl groups is 1. The second-order valence-electron chi connectivity index (χ2n) is 7.92. The Morgan fingerprint density at radius 1 is 1.30 bits per heavy atom. The Hall–Kier alpha value is -1.66. The number of nitrogens with zero attached hydrogens (tertiary/aromatic N) is 2. The van der Waals surface area contributed by atoms with E-state index in [0.717, 1.165) is 31.4 Å². The third kappa shape index (κ3) is 5.91. The normalized spacial score (nSPS) is 24.5. The highest BCUT2D eigenvalue weighted by Crippen LogP contribution is 2.38. The Labute approximate surface area is 162 Å². The minimum atomic E-state index is -0.247. The molecule has 1 aromatic rings. The van der Waals surface area contributed by atoms with Gasteiger partial charge < -0.3 is 20.1 Å². The predicted molar refractivity (Wildman–Crippen MR) is 105 cm³/mol. The number of aliphatic hydroxyl groups excluding tert-OH is 1. The summed E-state index contributed by atoms with van der Waals surface area (Å²) in [6.07, 6.45) is 9.65. The summed E-state index contributed by atoms with van der Waals surface area (Å²) in [5, 5.41) is 12.9. The monoisotopic (exact) mass is 375 g/mol. The summed E-state index contributed by atoms with van der Waals surface area (Å²) in [7, 11) is 1.59. The highest BCUT2D eigenvalue weighted by Gasteiger charge is 2.35. The molecule has 1 aliphatic carbocycles. The number of carbonyl (C=O) groups excluding carboxylic acids is 1. The molecule has 0 aromatic carbocycles. The molecule has 2 N–H and O–H groups in total. The highest BCUT2D eigenvalue weighted by atomic mass is 16.5. The first-order valence-corrected chi connectivity index (χ1v) is 10.4. The quantitative estimate of drug-likeness (QED) is 0.731. The Kier molecular flexibility index (Phi) is 7.47. The summed E-state index contributed by atoms with van der Waals surface area (Å²) in [6, 6.07) is 3.69. The molecule has 3 rings (SSSR count). The van der Waals surface area contributed by atoms with E-state index in [2.05, 4.69) is 15.2 Å². The molecule has 0 unspecified atom stereocenters. The van der Waals surface area contributed by atoms with Crippen molar-refractivity contribution in [2.75, 3.05) is 26.7 Å². The summed E-state index contributed by atoms with van der Waals surface area (Å²) in [5.74, 6) is 0.923. The number of rotatable bonds is 8. The minimum Gasteiger partial charge on any atom is -0.481 e. The fourth-order valence-electron chi connectivity index (χ4n) is 4.14. The van der Waals surface area contributed by atoms with Gasteiger partial charge in [0.1, 0.15) is 0 Å². The standard InChI is InChI=1S/C21H33N3O3/c1-27-20-9-8-16(15-22-20)21(17-13-18(25)14-17)23-19(26)7-6-12-24-10-4-2-3-5-11-24/h8-9,15,17-18,21,25H,2-7,10-14H2,1H3,(H,23,26)/t17?,18?,21-/m1/s1. The lowest BCUT2D eigenvalue weighted by molar-refractivity contribution is -0.123. The van der Waals surface area contributed by atoms with E-state index in [-0.39, 0.29) is 24.0 Å². The molecule has 150 valence electrons. The topological polar surface area (TPSA) is 74.7 Å². The number of likely N-dealkylation sites (tertiary alicyclic amines) is 1. The third-order valence-electron chi connectivity index (χ3n) is 5.84. The Morgan fingerprint density at radius 2 is 2.04 bits per heavy atom. The van der Waals surface area contributed by atoms with Crippen LogP contribution in [0.5, 0.6) is 5.88 Å². The fourth-order valence-corrected chi connectivity index (χ4v) is 4.14. The Morgan fingerprint density at radius 3 is 2.63 bits per heavy atom. The first kappa shape index (κ1) is 20.1. The molecule has 27 heavy (non-hydrogen) atoms. The number of nitrogens with one attached hydrogen (secondary N) is 1. The maximum atomic E-state index is 12.5. The average Bonchev–Trinajstić information content (AvgIpc) is 2.93. The number of aromatic nitrogens is 1. The Balaban J connectivity index is 1.50. The fraction of sp³-hybridized carbons (Fsp3) is 0.714. The largest absolute Gasteiger partial charge is 0.481 e. The van der Waals surface area contributed by atoms with Crippen molar-refractivity contribution in [3.63, 3.8) is 0 Å². The van der Waals surface area contributed by atoms with E-state index >= 15 is 0 Å². The van der Waals surface area contributed by atoms with Crippen molar-refractivity contribution in [2.24, 2.45) is 5.92 Å². The molecule has 0 radical (unpaired) electrons. The van der Waals surface area contributed by atoms with Crippen LogP contribution < -0.4 is 10.1 Å². The van der Waals surface area contributed by atoms with Crippen LogP contribution >= 0.6 is 0 Å². The summed E-state index contributed by atoms with van der Waals surface area (Å²) in [4.78, 5) is 19.3. The summed E-state index contributed by atoms with van der Waals surface area (Å²) in [6.45, 7) is 3.34. The van der Waals surface area contributed by atoms with Crippen molar-refractivity contribution in [2.45, 2.75) is 63.5 Å². The molecule has 1 saturated carbocycles. The number of hydrogen-bond acceptors (Lipinski definition) is 5. The average molecular weight is 376 g/mol. The molecule has 2 fully saturated rings. The van der Waals surface area contributed by atoms with Gasteiger partial charge in [0, 0.05) is 18.7 Å². The van der Waals surface area contributed by atoms with Gasteiger partial charge in [0.25, 0.3) is 0 Å². The van der Waals surface area contributed by atoms with Gasteiger partial charge in [0.15, 0.2) is 0 Å². The van der Waals surface area contributed by atoms with Gasteiger partial charge in [-0.05, 0) is 63.2 Å². The molecular formula is C21H33N3O3. The van der Waals surface area contributed by atoms with E-state index in [0.29, 0.717) is 12.3 Å². The molecule has 1 aliphatic heterocycles. The van der Waals surface area contributed by atoms with Gasteiger partial charge in [-0.2, -0.15) is 0 Å². The number of amides is 1. The molecule has 6 heteroatoms. The second kappa shape index (κ2) is 10.0. The van der Waals surface area contributed by atoms with Gasteiger partial charge in [0.2, 0.25) is 11.8 Å². The number of carbonyl (C=O) groups is 1. The van der Waals surface area contributed by atoms with Crippen molar-refractivity contribution in [1.82, 2.24) is 15.2 Å². The number of ether oxygens (including phenoxy) is 1. The SMILES string of the molecule is COc1ccc([C@@H](NC(=O)CCCN2CCCCCC2)C2CC(O)C2)cn1. The van der Waals surface area contributed by atoms with Gasteiger partial charge >= 0.3 is 0 Å². The number of hydrogen-bond donors (Lipinski definition) is 2. The van der Waals surface area contributed by atoms with E-state index in [4.69, 9.17) is 4.74 Å². The maximum absolute atomic E-state index is 12.5. The molecule has 0 spiro atoms. The van der Waals surface area contributed by atoms with Crippen molar-refractivity contribution in [1.29, 1.82) is 0 Å². The summed E-state index contributed by atoms with van der Waals surface area (Å²) in [5.41, 5.74) is 0.980. The van der Waals surface area contributed by atoms with E-state index < -0.39 is 0 Å². The molecular weight excluding hydrogens is 342 g/mol. The number of methoxy groups -OCH3 is 1. The van der Waals surface area contributed by atoms with Crippen LogP contribution in [-0.2, 0) is 4.79 Å². The molecule has 2 heterocycles. The van der Waals surface area contributed by atoms with E-state index in [1.165, 1.54) is 38.8 Å². The van der Waals surface area contributed by atoms with Gasteiger partial charge in [-0.3, -0.25) is 4.79 Å². The minimum absolute atomic E-state index is 0.0857. The molecule has 1 amide bonds. The van der Waals surface area contributed by atoms with Crippen LogP contribution in [0, 0.1) is 5.92 Å². The molecule has 2 aliphatic rings. The van der Waals surface area contributed by atoms with Crippen LogP contribution in [0.2, 0.25) is 0 Å². The van der Waals surface area contributed by atoms with Gasteiger partial charge in [-0.25, -0.2) is 4.98 Å². The van der Waals surface area contributed by atoms with Crippen molar-refractivity contribution in [3.05, 3.63) is 23.9 Å².